The van der Waals surface area contributed by atoms with Crippen molar-refractivity contribution in [1.29, 1.82) is 0 Å². The molecule has 1 aromatic heterocycles. The summed E-state index contributed by atoms with van der Waals surface area (Å²) in [6, 6.07) is 11.5. The lowest BCUT2D eigenvalue weighted by Gasteiger charge is -2.10. The summed E-state index contributed by atoms with van der Waals surface area (Å²) in [7, 11) is -7.02. The summed E-state index contributed by atoms with van der Waals surface area (Å²) >= 11 is 6.08. The normalized spacial score (nSPS) is 12.4. The molecule has 0 radical (unpaired) electrons. The molecule has 0 saturated heterocycles. The molecular formula is C18H20ClN3O4S2. The number of fused-ring (bicyclic) bond motifs is 1. The van der Waals surface area contributed by atoms with E-state index in [0.717, 1.165) is 10.9 Å². The van der Waals surface area contributed by atoms with Crippen molar-refractivity contribution in [2.24, 2.45) is 0 Å². The Bertz CT molecular complexity index is 1190. The fourth-order valence-electron chi connectivity index (χ4n) is 2.70. The Morgan fingerprint density at radius 2 is 1.75 bits per heavy atom. The molecule has 1 heterocycles. The van der Waals surface area contributed by atoms with Gasteiger partial charge in [0.2, 0.25) is 10.0 Å². The van der Waals surface area contributed by atoms with Gasteiger partial charge in [-0.25, -0.2) is 21.6 Å². The van der Waals surface area contributed by atoms with Crippen LogP contribution < -0.4 is 9.44 Å². The Morgan fingerprint density at radius 3 is 2.43 bits per heavy atom. The van der Waals surface area contributed by atoms with Crippen LogP contribution in [0.5, 0.6) is 0 Å². The van der Waals surface area contributed by atoms with Gasteiger partial charge in [0.1, 0.15) is 0 Å². The highest BCUT2D eigenvalue weighted by Crippen LogP contribution is 2.29. The van der Waals surface area contributed by atoms with Gasteiger partial charge in [0.25, 0.3) is 10.0 Å². The molecule has 3 N–H and O–H groups in total. The van der Waals surface area contributed by atoms with E-state index in [1.54, 1.807) is 43.5 Å². The van der Waals surface area contributed by atoms with Crippen LogP contribution >= 0.6 is 11.6 Å². The molecule has 0 atom stereocenters. The second kappa shape index (κ2) is 8.12. The lowest BCUT2D eigenvalue weighted by molar-refractivity contribution is 0.583. The first-order valence-electron chi connectivity index (χ1n) is 8.56. The molecule has 0 amide bonds. The summed E-state index contributed by atoms with van der Waals surface area (Å²) in [5.74, 6) is 0.0224. The van der Waals surface area contributed by atoms with Gasteiger partial charge in [-0.1, -0.05) is 35.9 Å². The van der Waals surface area contributed by atoms with Crippen LogP contribution in [0.4, 0.5) is 5.69 Å². The Kier molecular flexibility index (Phi) is 5.99. The fourth-order valence-corrected chi connectivity index (χ4v) is 4.60. The van der Waals surface area contributed by atoms with Gasteiger partial charge < -0.3 is 4.98 Å². The Labute approximate surface area is 169 Å². The van der Waals surface area contributed by atoms with Crippen molar-refractivity contribution >= 4 is 48.2 Å². The molecule has 150 valence electrons. The molecule has 0 spiro atoms. The molecule has 7 nitrogen and oxygen atoms in total. The molecule has 0 aliphatic carbocycles. The molecule has 28 heavy (non-hydrogen) atoms. The van der Waals surface area contributed by atoms with Gasteiger partial charge in [-0.05, 0) is 37.1 Å². The van der Waals surface area contributed by atoms with Crippen molar-refractivity contribution in [2.75, 3.05) is 17.0 Å². The van der Waals surface area contributed by atoms with Crippen molar-refractivity contribution in [3.63, 3.8) is 0 Å². The topological polar surface area (TPSA) is 108 Å². The van der Waals surface area contributed by atoms with Crippen molar-refractivity contribution < 1.29 is 16.8 Å². The second-order valence-corrected chi connectivity index (χ2v) is 10.3. The summed E-state index contributed by atoms with van der Waals surface area (Å²) in [5.41, 5.74) is 1.84. The molecule has 0 aliphatic rings. The van der Waals surface area contributed by atoms with Gasteiger partial charge in [0.05, 0.1) is 26.9 Å². The molecule has 2 aromatic carbocycles. The number of H-pyrrole nitrogens is 1. The number of sulfonamides is 2. The number of nitrogens with one attached hydrogen (secondary N) is 3. The molecule has 0 aliphatic heterocycles. The number of halogens is 1. The Morgan fingerprint density at radius 1 is 1.04 bits per heavy atom. The lowest BCUT2D eigenvalue weighted by atomic mass is 10.2. The Hall–Kier alpha value is -2.07. The number of hydrogen-bond acceptors (Lipinski definition) is 4. The Balaban J connectivity index is 1.73. The second-order valence-electron chi connectivity index (χ2n) is 6.16. The van der Waals surface area contributed by atoms with E-state index in [2.05, 4.69) is 14.4 Å². The maximum absolute atomic E-state index is 12.7. The van der Waals surface area contributed by atoms with Crippen LogP contribution in [0.15, 0.2) is 53.6 Å². The molecule has 3 rings (SSSR count). The van der Waals surface area contributed by atoms with Crippen molar-refractivity contribution in [3.8, 4) is 0 Å². The van der Waals surface area contributed by atoms with E-state index < -0.39 is 20.0 Å². The van der Waals surface area contributed by atoms with Crippen LogP contribution in [0, 0.1) is 0 Å². The highest BCUT2D eigenvalue weighted by molar-refractivity contribution is 7.92. The predicted octanol–water partition coefficient (Wildman–Crippen LogP) is 3.10. The smallest absolute Gasteiger partial charge is 0.261 e. The van der Waals surface area contributed by atoms with Crippen molar-refractivity contribution in [3.05, 3.63) is 59.2 Å². The summed E-state index contributed by atoms with van der Waals surface area (Å²) in [6.45, 7) is 1.83. The third-order valence-electron chi connectivity index (χ3n) is 4.26. The number of hydrogen-bond donors (Lipinski definition) is 3. The molecule has 10 heteroatoms. The number of rotatable bonds is 8. The van der Waals surface area contributed by atoms with E-state index in [4.69, 9.17) is 11.6 Å². The van der Waals surface area contributed by atoms with Crippen LogP contribution in [-0.2, 0) is 26.5 Å². The van der Waals surface area contributed by atoms with Crippen molar-refractivity contribution in [1.82, 2.24) is 9.71 Å². The average molecular weight is 442 g/mol. The quantitative estimate of drug-likeness (QED) is 0.499. The first-order valence-corrected chi connectivity index (χ1v) is 12.1. The monoisotopic (exact) mass is 441 g/mol. The van der Waals surface area contributed by atoms with Gasteiger partial charge in [-0.15, -0.1) is 0 Å². The van der Waals surface area contributed by atoms with Crippen LogP contribution in [0.1, 0.15) is 12.5 Å². The number of anilines is 1. The van der Waals surface area contributed by atoms with Crippen LogP contribution in [0.25, 0.3) is 10.9 Å². The van der Waals surface area contributed by atoms with Gasteiger partial charge >= 0.3 is 0 Å². The molecule has 0 unspecified atom stereocenters. The highest BCUT2D eigenvalue weighted by atomic mass is 35.5. The minimum absolute atomic E-state index is 0.0224. The number of aromatic nitrogens is 1. The van der Waals surface area contributed by atoms with Gasteiger partial charge in [-0.2, -0.15) is 0 Å². The summed E-state index contributed by atoms with van der Waals surface area (Å²) in [4.78, 5) is 3.08. The lowest BCUT2D eigenvalue weighted by Crippen LogP contribution is -2.27. The number of benzene rings is 2. The van der Waals surface area contributed by atoms with Gasteiger partial charge in [0, 0.05) is 18.1 Å². The number of para-hydroxylation sites is 1. The third-order valence-corrected chi connectivity index (χ3v) is 7.36. The average Bonchev–Trinajstić information content (AvgIpc) is 3.04. The highest BCUT2D eigenvalue weighted by Gasteiger charge is 2.16. The molecule has 0 bridgehead atoms. The van der Waals surface area contributed by atoms with Gasteiger partial charge in [0.15, 0.2) is 0 Å². The van der Waals surface area contributed by atoms with E-state index in [1.807, 2.05) is 0 Å². The van der Waals surface area contributed by atoms with Crippen molar-refractivity contribution in [2.45, 2.75) is 18.2 Å². The van der Waals surface area contributed by atoms with Crippen LogP contribution in [0.3, 0.4) is 0 Å². The first kappa shape index (κ1) is 20.7. The van der Waals surface area contributed by atoms with Crippen LogP contribution in [-0.4, -0.2) is 34.1 Å². The third kappa shape index (κ3) is 4.67. The summed E-state index contributed by atoms with van der Waals surface area (Å²) < 4.78 is 53.3. The van der Waals surface area contributed by atoms with Crippen LogP contribution in [0.2, 0.25) is 5.02 Å². The van der Waals surface area contributed by atoms with E-state index in [9.17, 15) is 16.8 Å². The molecule has 3 aromatic rings. The first-order chi connectivity index (χ1) is 13.2. The van der Waals surface area contributed by atoms with E-state index in [1.165, 1.54) is 12.1 Å². The number of aromatic amines is 1. The summed E-state index contributed by atoms with van der Waals surface area (Å²) in [6.07, 6.45) is 2.07. The SMILES string of the molecule is CCS(=O)(=O)NCCc1ccc(S(=O)(=O)Nc2cccc3c(Cl)c[nH]c23)cc1. The fraction of sp³-hybridized carbons (Fsp3) is 0.222. The zero-order chi connectivity index (χ0) is 20.4. The zero-order valence-corrected chi connectivity index (χ0v) is 17.5. The van der Waals surface area contributed by atoms with E-state index in [-0.39, 0.29) is 17.2 Å². The summed E-state index contributed by atoms with van der Waals surface area (Å²) in [5, 5.41) is 1.24. The van der Waals surface area contributed by atoms with Gasteiger partial charge in [-0.3, -0.25) is 4.72 Å². The standard InChI is InChI=1S/C18H20ClN3O4S2/c1-2-27(23,24)21-11-10-13-6-8-14(9-7-13)28(25,26)22-17-5-3-4-15-16(19)12-20-18(15)17/h3-9,12,20-22H,2,10-11H2,1H3. The molecule has 0 saturated carbocycles. The minimum Gasteiger partial charge on any atom is -0.358 e. The maximum Gasteiger partial charge on any atom is 0.261 e. The zero-order valence-electron chi connectivity index (χ0n) is 15.1. The molecule has 0 fully saturated rings. The molecular weight excluding hydrogens is 422 g/mol. The maximum atomic E-state index is 12.7. The van der Waals surface area contributed by atoms with E-state index in [0.29, 0.717) is 22.6 Å². The largest absolute Gasteiger partial charge is 0.358 e. The predicted molar refractivity (Wildman–Crippen MR) is 112 cm³/mol. The van der Waals surface area contributed by atoms with E-state index >= 15 is 0 Å². The minimum atomic E-state index is -3.78.